The van der Waals surface area contributed by atoms with Crippen LogP contribution in [-0.2, 0) is 27.2 Å². The molecule has 3 amide bonds. The molecule has 4 rings (SSSR count). The Labute approximate surface area is 167 Å². The lowest BCUT2D eigenvalue weighted by Crippen LogP contribution is -2.28. The molecule has 0 bridgehead atoms. The van der Waals surface area contributed by atoms with Crippen molar-refractivity contribution in [2.75, 3.05) is 22.1 Å². The summed E-state index contributed by atoms with van der Waals surface area (Å²) >= 11 is 1.55. The van der Waals surface area contributed by atoms with Gasteiger partial charge in [-0.2, -0.15) is 0 Å². The molecule has 1 fully saturated rings. The number of thiazole rings is 1. The number of rotatable bonds is 4. The predicted octanol–water partition coefficient (Wildman–Crippen LogP) is 2.97. The Morgan fingerprint density at radius 1 is 1.14 bits per heavy atom. The van der Waals surface area contributed by atoms with E-state index < -0.39 is 5.92 Å². The van der Waals surface area contributed by atoms with E-state index in [2.05, 4.69) is 15.6 Å². The second kappa shape index (κ2) is 7.71. The van der Waals surface area contributed by atoms with Crippen LogP contribution in [-0.4, -0.2) is 29.3 Å². The largest absolute Gasteiger partial charge is 0.326 e. The van der Waals surface area contributed by atoms with Crippen LogP contribution in [0, 0.1) is 5.92 Å². The van der Waals surface area contributed by atoms with Crippen LogP contribution < -0.4 is 15.5 Å². The number of nitrogens with one attached hydrogen (secondary N) is 2. The zero-order valence-corrected chi connectivity index (χ0v) is 16.5. The summed E-state index contributed by atoms with van der Waals surface area (Å²) in [7, 11) is 0. The maximum Gasteiger partial charge on any atom is 0.231 e. The van der Waals surface area contributed by atoms with Crippen molar-refractivity contribution in [1.82, 2.24) is 4.98 Å². The van der Waals surface area contributed by atoms with Crippen molar-refractivity contribution < 1.29 is 14.4 Å². The molecule has 7 nitrogen and oxygen atoms in total. The fourth-order valence-electron chi connectivity index (χ4n) is 3.67. The van der Waals surface area contributed by atoms with Crippen LogP contribution in [0.2, 0.25) is 0 Å². The Balaban J connectivity index is 1.40. The predicted molar refractivity (Wildman–Crippen MR) is 109 cm³/mol. The zero-order chi connectivity index (χ0) is 19.7. The molecule has 0 radical (unpaired) electrons. The Kier molecular flexibility index (Phi) is 5.13. The third kappa shape index (κ3) is 3.91. The number of benzene rings is 1. The molecule has 0 saturated carbocycles. The van der Waals surface area contributed by atoms with E-state index in [-0.39, 0.29) is 24.1 Å². The van der Waals surface area contributed by atoms with E-state index in [0.29, 0.717) is 17.4 Å². The molecular weight excluding hydrogens is 376 g/mol. The summed E-state index contributed by atoms with van der Waals surface area (Å²) in [5.41, 5.74) is 2.50. The van der Waals surface area contributed by atoms with Crippen LogP contribution in [0.3, 0.4) is 0 Å². The second-order valence-corrected chi connectivity index (χ2v) is 8.30. The van der Waals surface area contributed by atoms with E-state index in [9.17, 15) is 14.4 Å². The van der Waals surface area contributed by atoms with Crippen molar-refractivity contribution in [3.8, 4) is 0 Å². The topological polar surface area (TPSA) is 91.4 Å². The molecule has 1 aliphatic carbocycles. The van der Waals surface area contributed by atoms with E-state index in [1.807, 2.05) is 0 Å². The number of aryl methyl sites for hydroxylation is 2. The highest BCUT2D eigenvalue weighted by molar-refractivity contribution is 7.15. The van der Waals surface area contributed by atoms with E-state index in [4.69, 9.17) is 0 Å². The van der Waals surface area contributed by atoms with Crippen molar-refractivity contribution in [3.63, 3.8) is 0 Å². The number of amides is 3. The van der Waals surface area contributed by atoms with Crippen LogP contribution in [0.1, 0.15) is 36.8 Å². The Bertz CT molecular complexity index is 899. The number of aromatic nitrogens is 1. The number of nitrogens with zero attached hydrogens (tertiary/aromatic N) is 2. The van der Waals surface area contributed by atoms with E-state index in [1.165, 1.54) is 18.2 Å². The van der Waals surface area contributed by atoms with E-state index in [1.54, 1.807) is 40.5 Å². The molecule has 2 aliphatic rings. The van der Waals surface area contributed by atoms with Gasteiger partial charge in [-0.3, -0.25) is 14.4 Å². The molecule has 2 aromatic rings. The third-order valence-electron chi connectivity index (χ3n) is 5.07. The minimum absolute atomic E-state index is 0.0779. The Hall–Kier alpha value is -2.74. The van der Waals surface area contributed by atoms with Gasteiger partial charge >= 0.3 is 0 Å². The molecule has 28 heavy (non-hydrogen) atoms. The van der Waals surface area contributed by atoms with Gasteiger partial charge in [0, 0.05) is 36.1 Å². The molecule has 0 unspecified atom stereocenters. The van der Waals surface area contributed by atoms with E-state index >= 15 is 0 Å². The first-order valence-corrected chi connectivity index (χ1v) is 10.3. The Morgan fingerprint density at radius 2 is 1.89 bits per heavy atom. The minimum Gasteiger partial charge on any atom is -0.326 e. The molecule has 2 N–H and O–H groups in total. The van der Waals surface area contributed by atoms with Gasteiger partial charge in [0.2, 0.25) is 17.7 Å². The van der Waals surface area contributed by atoms with Crippen molar-refractivity contribution in [3.05, 3.63) is 34.8 Å². The maximum atomic E-state index is 12.7. The number of hydrogen-bond acceptors (Lipinski definition) is 5. The lowest BCUT2D eigenvalue weighted by Gasteiger charge is -2.17. The van der Waals surface area contributed by atoms with Gasteiger partial charge in [0.05, 0.1) is 11.6 Å². The first-order valence-electron chi connectivity index (χ1n) is 9.47. The maximum absolute atomic E-state index is 12.7. The summed E-state index contributed by atoms with van der Waals surface area (Å²) in [5, 5.41) is 6.24. The standard InChI is InChI=1S/C20H22N4O3S/c1-12(25)21-14-6-8-15(9-7-14)24-11-13(10-18(24)26)19(27)23-20-22-16-4-2-3-5-17(16)28-20/h6-9,13H,2-5,10-11H2,1H3,(H,21,25)(H,22,23,27)/t13-/m1/s1. The number of hydrogen-bond donors (Lipinski definition) is 2. The van der Waals surface area contributed by atoms with Crippen LogP contribution >= 0.6 is 11.3 Å². The van der Waals surface area contributed by atoms with Crippen LogP contribution in [0.15, 0.2) is 24.3 Å². The average Bonchev–Trinajstić information content (AvgIpc) is 3.25. The second-order valence-electron chi connectivity index (χ2n) is 7.22. The summed E-state index contributed by atoms with van der Waals surface area (Å²) in [4.78, 5) is 43.6. The normalized spacial score (nSPS) is 18.7. The summed E-state index contributed by atoms with van der Waals surface area (Å²) < 4.78 is 0. The minimum atomic E-state index is -0.400. The quantitative estimate of drug-likeness (QED) is 0.828. The molecule has 1 atom stereocenters. The molecule has 1 aliphatic heterocycles. The fourth-order valence-corrected chi connectivity index (χ4v) is 4.73. The van der Waals surface area contributed by atoms with Crippen LogP contribution in [0.4, 0.5) is 16.5 Å². The monoisotopic (exact) mass is 398 g/mol. The van der Waals surface area contributed by atoms with Gasteiger partial charge in [-0.25, -0.2) is 4.98 Å². The highest BCUT2D eigenvalue weighted by Gasteiger charge is 2.35. The first kappa shape index (κ1) is 18.6. The van der Waals surface area contributed by atoms with Crippen molar-refractivity contribution in [2.24, 2.45) is 5.92 Å². The zero-order valence-electron chi connectivity index (χ0n) is 15.7. The first-order chi connectivity index (χ1) is 13.5. The highest BCUT2D eigenvalue weighted by atomic mass is 32.1. The van der Waals surface area contributed by atoms with Crippen molar-refractivity contribution in [2.45, 2.75) is 39.0 Å². The van der Waals surface area contributed by atoms with Crippen molar-refractivity contribution >= 4 is 45.6 Å². The fraction of sp³-hybridized carbons (Fsp3) is 0.400. The molecule has 2 heterocycles. The summed E-state index contributed by atoms with van der Waals surface area (Å²) in [5.74, 6) is -0.781. The Morgan fingerprint density at radius 3 is 2.61 bits per heavy atom. The molecule has 8 heteroatoms. The number of anilines is 3. The average molecular weight is 398 g/mol. The van der Waals surface area contributed by atoms with Gasteiger partial charge in [0.15, 0.2) is 5.13 Å². The molecule has 1 saturated heterocycles. The lowest BCUT2D eigenvalue weighted by molar-refractivity contribution is -0.122. The molecule has 1 aromatic carbocycles. The van der Waals surface area contributed by atoms with Crippen LogP contribution in [0.5, 0.6) is 0 Å². The summed E-state index contributed by atoms with van der Waals surface area (Å²) in [6.07, 6.45) is 4.52. The summed E-state index contributed by atoms with van der Waals surface area (Å²) in [6, 6.07) is 7.05. The molecule has 146 valence electrons. The number of fused-ring (bicyclic) bond motifs is 1. The van der Waals surface area contributed by atoms with Gasteiger partial charge in [0.25, 0.3) is 0 Å². The van der Waals surface area contributed by atoms with Crippen LogP contribution in [0.25, 0.3) is 0 Å². The van der Waals surface area contributed by atoms with Gasteiger partial charge in [-0.05, 0) is 49.9 Å². The van der Waals surface area contributed by atoms with Gasteiger partial charge in [-0.15, -0.1) is 11.3 Å². The lowest BCUT2D eigenvalue weighted by atomic mass is 10.0. The van der Waals surface area contributed by atoms with Gasteiger partial charge in [0.1, 0.15) is 0 Å². The molecular formula is C20H22N4O3S. The van der Waals surface area contributed by atoms with Gasteiger partial charge < -0.3 is 15.5 Å². The molecule has 0 spiro atoms. The smallest absolute Gasteiger partial charge is 0.231 e. The molecule has 1 aromatic heterocycles. The van der Waals surface area contributed by atoms with Crippen molar-refractivity contribution in [1.29, 1.82) is 0 Å². The highest BCUT2D eigenvalue weighted by Crippen LogP contribution is 2.31. The SMILES string of the molecule is CC(=O)Nc1ccc(N2C[C@H](C(=O)Nc3nc4c(s3)CCCC4)CC2=O)cc1. The number of carbonyl (C=O) groups excluding carboxylic acids is 3. The van der Waals surface area contributed by atoms with Gasteiger partial charge in [-0.1, -0.05) is 0 Å². The van der Waals surface area contributed by atoms with E-state index in [0.717, 1.165) is 30.6 Å². The summed E-state index contributed by atoms with van der Waals surface area (Å²) in [6.45, 7) is 1.79. The number of carbonyl (C=O) groups is 3. The third-order valence-corrected chi connectivity index (χ3v) is 6.14.